The van der Waals surface area contributed by atoms with E-state index in [2.05, 4.69) is 46.6 Å². The van der Waals surface area contributed by atoms with Crippen molar-refractivity contribution in [2.24, 2.45) is 30.7 Å². The first-order chi connectivity index (χ1) is 36.7. The van der Waals surface area contributed by atoms with Crippen LogP contribution in [0.4, 0.5) is 51.2 Å². The maximum Gasteiger partial charge on any atom is 0.224 e. The Labute approximate surface area is 434 Å². The molecule has 0 radical (unpaired) electrons. The number of ether oxygens (including phenoxy) is 6. The van der Waals surface area contributed by atoms with E-state index in [1.807, 2.05) is 72.8 Å². The number of hydrogen-bond acceptors (Lipinski definition) is 15. The quantitative estimate of drug-likeness (QED) is 0.0329. The van der Waals surface area contributed by atoms with Crippen molar-refractivity contribution in [3.8, 4) is 34.5 Å². The van der Waals surface area contributed by atoms with Crippen LogP contribution in [0.3, 0.4) is 0 Å². The lowest BCUT2D eigenvalue weighted by Crippen LogP contribution is -2.17. The fourth-order valence-corrected chi connectivity index (χ4v) is 6.90. The summed E-state index contributed by atoms with van der Waals surface area (Å²) in [5.74, 6) is 3.26. The molecule has 3 amide bonds. The van der Waals surface area contributed by atoms with Crippen LogP contribution in [0.1, 0.15) is 38.5 Å². The van der Waals surface area contributed by atoms with E-state index in [4.69, 9.17) is 28.4 Å². The molecule has 0 atom stereocenters. The van der Waals surface area contributed by atoms with Gasteiger partial charge >= 0.3 is 0 Å². The van der Waals surface area contributed by atoms with E-state index < -0.39 is 0 Å². The molecule has 0 unspecified atom stereocenters. The SMILES string of the molecule is COc1ccc(N=Nc2ccc(OCCCC(=O)Nc3cc(NC(=O)CCCOc4ccc(N=Nc5ccc(OC)cc5)cc4)cc(NC(=O)CCCOc4ccc(N=Nc5ccc(OC)cc5)cc4)c3)cc2)cc1. The van der Waals surface area contributed by atoms with Crippen LogP contribution in [0.5, 0.6) is 34.5 Å². The molecule has 384 valence electrons. The molecule has 7 aromatic rings. The van der Waals surface area contributed by atoms with Crippen LogP contribution in [-0.2, 0) is 14.4 Å². The van der Waals surface area contributed by atoms with E-state index in [-0.39, 0.29) is 56.8 Å². The van der Waals surface area contributed by atoms with Crippen LogP contribution in [0.15, 0.2) is 194 Å². The van der Waals surface area contributed by atoms with Crippen molar-refractivity contribution in [2.45, 2.75) is 38.5 Å². The number of rotatable bonds is 27. The van der Waals surface area contributed by atoms with Gasteiger partial charge in [-0.2, -0.15) is 30.7 Å². The lowest BCUT2D eigenvalue weighted by molar-refractivity contribution is -0.117. The topological polar surface area (TPSA) is 217 Å². The van der Waals surface area contributed by atoms with Gasteiger partial charge in [-0.25, -0.2) is 0 Å². The van der Waals surface area contributed by atoms with Crippen molar-refractivity contribution < 1.29 is 42.8 Å². The molecule has 0 fully saturated rings. The molecule has 7 aromatic carbocycles. The van der Waals surface area contributed by atoms with Crippen LogP contribution in [0.25, 0.3) is 0 Å². The lowest BCUT2D eigenvalue weighted by atomic mass is 10.2. The molecule has 0 aliphatic heterocycles. The zero-order chi connectivity index (χ0) is 52.5. The summed E-state index contributed by atoms with van der Waals surface area (Å²) in [6.07, 6.45) is 1.73. The summed E-state index contributed by atoms with van der Waals surface area (Å²) < 4.78 is 33.2. The minimum atomic E-state index is -0.274. The zero-order valence-corrected chi connectivity index (χ0v) is 41.8. The smallest absolute Gasteiger partial charge is 0.224 e. The fourth-order valence-electron chi connectivity index (χ4n) is 6.90. The number of carbonyl (C=O) groups is 3. The summed E-state index contributed by atoms with van der Waals surface area (Å²) in [6.45, 7) is 0.864. The third-order valence-corrected chi connectivity index (χ3v) is 10.8. The standard InChI is InChI=1S/C57H57N9O9/c1-70-49-22-10-40(11-23-49)61-64-43-16-28-52(29-17-43)73-34-4-7-55(67)58-46-37-47(59-56(68)8-5-35-74-53-30-18-44(19-31-53)65-62-41-12-24-50(71-2)25-13-41)39-48(38-46)60-57(69)9-6-36-75-54-32-20-45(21-33-54)66-63-42-14-26-51(72-3)27-15-42/h10-33,37-39H,4-9,34-36H2,1-3H3,(H,58,67)(H,59,68)(H,60,69). The number of methoxy groups -OCH3 is 3. The van der Waals surface area contributed by atoms with Gasteiger partial charge in [0.05, 0.1) is 75.3 Å². The van der Waals surface area contributed by atoms with Crippen molar-refractivity contribution in [1.29, 1.82) is 0 Å². The molecule has 0 spiro atoms. The highest BCUT2D eigenvalue weighted by molar-refractivity contribution is 5.97. The number of carbonyl (C=O) groups excluding carboxylic acids is 3. The predicted molar refractivity (Wildman–Crippen MR) is 287 cm³/mol. The van der Waals surface area contributed by atoms with Crippen LogP contribution in [0.2, 0.25) is 0 Å². The van der Waals surface area contributed by atoms with E-state index in [1.54, 1.807) is 112 Å². The van der Waals surface area contributed by atoms with E-state index in [1.165, 1.54) is 0 Å². The van der Waals surface area contributed by atoms with Crippen molar-refractivity contribution in [3.63, 3.8) is 0 Å². The average molecular weight is 1010 g/mol. The molecule has 0 aliphatic carbocycles. The Balaban J connectivity index is 0.877. The third kappa shape index (κ3) is 18.6. The van der Waals surface area contributed by atoms with Crippen molar-refractivity contribution in [2.75, 3.05) is 57.1 Å². The molecular weight excluding hydrogens is 955 g/mol. The summed E-state index contributed by atoms with van der Waals surface area (Å²) >= 11 is 0. The van der Waals surface area contributed by atoms with Gasteiger partial charge in [-0.3, -0.25) is 14.4 Å². The Morgan fingerprint density at radius 2 is 0.520 bits per heavy atom. The minimum absolute atomic E-state index is 0.152. The first-order valence-corrected chi connectivity index (χ1v) is 24.1. The van der Waals surface area contributed by atoms with Gasteiger partial charge in [0.1, 0.15) is 34.5 Å². The molecule has 18 nitrogen and oxygen atoms in total. The van der Waals surface area contributed by atoms with Gasteiger partial charge < -0.3 is 44.4 Å². The van der Waals surface area contributed by atoms with Crippen molar-refractivity contribution >= 4 is 68.9 Å². The summed E-state index contributed by atoms with van der Waals surface area (Å²) in [5, 5.41) is 34.2. The highest BCUT2D eigenvalue weighted by Gasteiger charge is 2.12. The molecule has 7 rings (SSSR count). The average Bonchev–Trinajstić information content (AvgIpc) is 3.44. The highest BCUT2D eigenvalue weighted by Crippen LogP contribution is 2.28. The van der Waals surface area contributed by atoms with Crippen molar-refractivity contribution in [1.82, 2.24) is 0 Å². The number of amides is 3. The Bertz CT molecular complexity index is 2670. The molecule has 3 N–H and O–H groups in total. The van der Waals surface area contributed by atoms with Gasteiger partial charge in [0.25, 0.3) is 0 Å². The predicted octanol–water partition coefficient (Wildman–Crippen LogP) is 14.4. The second kappa shape index (κ2) is 28.6. The number of anilines is 3. The maximum atomic E-state index is 13.2. The van der Waals surface area contributed by atoms with Gasteiger partial charge in [0.2, 0.25) is 17.7 Å². The first-order valence-electron chi connectivity index (χ1n) is 24.1. The van der Waals surface area contributed by atoms with E-state index in [0.29, 0.717) is 87.7 Å². The Morgan fingerprint density at radius 3 is 0.720 bits per heavy atom. The summed E-state index contributed by atoms with van der Waals surface area (Å²) in [6, 6.07) is 48.2. The molecule has 0 saturated carbocycles. The van der Waals surface area contributed by atoms with Crippen LogP contribution in [-0.4, -0.2) is 58.9 Å². The van der Waals surface area contributed by atoms with Crippen molar-refractivity contribution in [3.05, 3.63) is 164 Å². The Hall–Kier alpha value is -9.45. The number of hydrogen-bond donors (Lipinski definition) is 3. The molecular formula is C57H57N9O9. The molecule has 0 aliphatic rings. The van der Waals surface area contributed by atoms with E-state index in [9.17, 15) is 14.4 Å². The third-order valence-electron chi connectivity index (χ3n) is 10.8. The maximum absolute atomic E-state index is 13.2. The molecule has 18 heteroatoms. The van der Waals surface area contributed by atoms with Gasteiger partial charge in [-0.15, -0.1) is 0 Å². The van der Waals surface area contributed by atoms with Crippen LogP contribution < -0.4 is 44.4 Å². The monoisotopic (exact) mass is 1010 g/mol. The summed E-state index contributed by atoms with van der Waals surface area (Å²) in [5.41, 5.74) is 5.21. The molecule has 75 heavy (non-hydrogen) atoms. The fraction of sp³-hybridized carbons (Fsp3) is 0.211. The second-order valence-electron chi connectivity index (χ2n) is 16.5. The number of benzene rings is 7. The van der Waals surface area contributed by atoms with Crippen LogP contribution >= 0.6 is 0 Å². The van der Waals surface area contributed by atoms with E-state index >= 15 is 0 Å². The van der Waals surface area contributed by atoms with E-state index in [0.717, 1.165) is 17.2 Å². The first kappa shape index (κ1) is 53.4. The second-order valence-corrected chi connectivity index (χ2v) is 16.5. The minimum Gasteiger partial charge on any atom is -0.497 e. The molecule has 0 heterocycles. The number of nitrogens with one attached hydrogen (secondary N) is 3. The largest absolute Gasteiger partial charge is 0.497 e. The number of azo groups is 3. The zero-order valence-electron chi connectivity index (χ0n) is 41.8. The van der Waals surface area contributed by atoms with Gasteiger partial charge in [0.15, 0.2) is 0 Å². The summed E-state index contributed by atoms with van der Waals surface area (Å²) in [7, 11) is 4.82. The molecule has 0 bridgehead atoms. The number of nitrogens with zero attached hydrogens (tertiary/aromatic N) is 6. The van der Waals surface area contributed by atoms with Gasteiger partial charge in [0, 0.05) is 36.3 Å². The molecule has 0 saturated heterocycles. The summed E-state index contributed by atoms with van der Waals surface area (Å²) in [4.78, 5) is 39.5. The Morgan fingerprint density at radius 1 is 0.320 bits per heavy atom. The van der Waals surface area contributed by atoms with Gasteiger partial charge in [-0.1, -0.05) is 0 Å². The van der Waals surface area contributed by atoms with Gasteiger partial charge in [-0.05, 0) is 183 Å². The van der Waals surface area contributed by atoms with Crippen LogP contribution in [0, 0.1) is 0 Å². The Kier molecular flexibility index (Phi) is 20.3. The highest BCUT2D eigenvalue weighted by atomic mass is 16.5. The lowest BCUT2D eigenvalue weighted by Gasteiger charge is -2.14. The normalized spacial score (nSPS) is 11.1. The molecule has 0 aromatic heterocycles.